The third kappa shape index (κ3) is 2.46. The number of hydrogen-bond donors (Lipinski definition) is 1. The van der Waals surface area contributed by atoms with E-state index >= 15 is 0 Å². The van der Waals surface area contributed by atoms with Gasteiger partial charge in [-0.3, -0.25) is 0 Å². The third-order valence-corrected chi connectivity index (χ3v) is 5.19. The van der Waals surface area contributed by atoms with E-state index in [0.29, 0.717) is 12.0 Å². The zero-order valence-corrected chi connectivity index (χ0v) is 11.6. The molecule has 0 saturated heterocycles. The highest BCUT2D eigenvalue weighted by molar-refractivity contribution is 5.23. The number of rotatable bonds is 4. The van der Waals surface area contributed by atoms with Gasteiger partial charge in [0.25, 0.3) is 0 Å². The van der Waals surface area contributed by atoms with Gasteiger partial charge in [0, 0.05) is 17.7 Å². The van der Waals surface area contributed by atoms with Crippen LogP contribution < -0.4 is 5.32 Å². The van der Waals surface area contributed by atoms with E-state index in [0.717, 1.165) is 24.3 Å². The molecule has 4 atom stereocenters. The minimum atomic E-state index is -1.12. The van der Waals surface area contributed by atoms with E-state index in [1.165, 1.54) is 25.7 Å². The molecular weight excluding hydrogens is 263 g/mol. The molecular formula is C16H20F3N. The van der Waals surface area contributed by atoms with Crippen molar-refractivity contribution in [3.05, 3.63) is 35.1 Å². The van der Waals surface area contributed by atoms with Crippen LogP contribution in [-0.4, -0.2) is 7.05 Å². The highest BCUT2D eigenvalue weighted by Crippen LogP contribution is 2.51. The van der Waals surface area contributed by atoms with Crippen LogP contribution in [0.25, 0.3) is 0 Å². The van der Waals surface area contributed by atoms with Crippen molar-refractivity contribution in [3.8, 4) is 0 Å². The number of nitrogens with one attached hydrogen (secondary N) is 1. The predicted molar refractivity (Wildman–Crippen MR) is 71.7 cm³/mol. The standard InChI is InChI=1S/C16H20F3N/c1-20-16(6-11-5-9-2-3-10(11)4-9)12-7-14(18)15(19)8-13(12)17/h7-11,16,20H,2-6H2,1H3. The SMILES string of the molecule is CNC(CC1CC2CCC1C2)c1cc(F)c(F)cc1F. The largest absolute Gasteiger partial charge is 0.313 e. The van der Waals surface area contributed by atoms with Crippen molar-refractivity contribution in [3.63, 3.8) is 0 Å². The van der Waals surface area contributed by atoms with E-state index in [1.54, 1.807) is 7.05 Å². The van der Waals surface area contributed by atoms with Gasteiger partial charge in [0.15, 0.2) is 11.6 Å². The van der Waals surface area contributed by atoms with Gasteiger partial charge in [-0.2, -0.15) is 0 Å². The molecule has 20 heavy (non-hydrogen) atoms. The van der Waals surface area contributed by atoms with Gasteiger partial charge in [-0.1, -0.05) is 6.42 Å². The number of benzene rings is 1. The Bertz CT molecular complexity index is 503. The van der Waals surface area contributed by atoms with E-state index in [4.69, 9.17) is 0 Å². The Morgan fingerprint density at radius 2 is 1.85 bits per heavy atom. The molecule has 1 aromatic rings. The average molecular weight is 283 g/mol. The first kappa shape index (κ1) is 13.9. The molecule has 2 aliphatic carbocycles. The summed E-state index contributed by atoms with van der Waals surface area (Å²) in [5.41, 5.74) is 0.245. The smallest absolute Gasteiger partial charge is 0.161 e. The molecule has 4 heteroatoms. The van der Waals surface area contributed by atoms with E-state index < -0.39 is 17.5 Å². The lowest BCUT2D eigenvalue weighted by Crippen LogP contribution is -2.23. The summed E-state index contributed by atoms with van der Waals surface area (Å²) in [6.07, 6.45) is 5.89. The third-order valence-electron chi connectivity index (χ3n) is 5.19. The molecule has 0 radical (unpaired) electrons. The first-order valence-corrected chi connectivity index (χ1v) is 7.40. The van der Waals surface area contributed by atoms with Crippen molar-refractivity contribution in [2.75, 3.05) is 7.05 Å². The number of hydrogen-bond acceptors (Lipinski definition) is 1. The summed E-state index contributed by atoms with van der Waals surface area (Å²) in [6.45, 7) is 0. The van der Waals surface area contributed by atoms with Crippen LogP contribution >= 0.6 is 0 Å². The van der Waals surface area contributed by atoms with Crippen molar-refractivity contribution in [1.82, 2.24) is 5.32 Å². The lowest BCUT2D eigenvalue weighted by Gasteiger charge is -2.27. The molecule has 4 unspecified atom stereocenters. The molecule has 2 bridgehead atoms. The van der Waals surface area contributed by atoms with Crippen LogP contribution in [0.1, 0.15) is 43.7 Å². The maximum atomic E-state index is 13.9. The molecule has 2 aliphatic rings. The first-order valence-electron chi connectivity index (χ1n) is 7.40. The molecule has 0 heterocycles. The maximum absolute atomic E-state index is 13.9. The molecule has 2 saturated carbocycles. The highest BCUT2D eigenvalue weighted by atomic mass is 19.2. The number of halogens is 3. The predicted octanol–water partition coefficient (Wildman–Crippen LogP) is 4.19. The summed E-state index contributed by atoms with van der Waals surface area (Å²) < 4.78 is 40.3. The molecule has 0 aromatic heterocycles. The Labute approximate surface area is 117 Å². The average Bonchev–Trinajstić information content (AvgIpc) is 3.03. The molecule has 1 nitrogen and oxygen atoms in total. The molecule has 3 rings (SSSR count). The zero-order chi connectivity index (χ0) is 14.3. The summed E-state index contributed by atoms with van der Waals surface area (Å²) >= 11 is 0. The van der Waals surface area contributed by atoms with Crippen molar-refractivity contribution in [2.24, 2.45) is 17.8 Å². The van der Waals surface area contributed by atoms with Gasteiger partial charge in [0.1, 0.15) is 5.82 Å². The maximum Gasteiger partial charge on any atom is 0.161 e. The topological polar surface area (TPSA) is 12.0 Å². The Hall–Kier alpha value is -1.03. The van der Waals surface area contributed by atoms with Crippen molar-refractivity contribution in [1.29, 1.82) is 0 Å². The van der Waals surface area contributed by atoms with Crippen LogP contribution in [-0.2, 0) is 0 Å². The second-order valence-electron chi connectivity index (χ2n) is 6.30. The Morgan fingerprint density at radius 1 is 1.10 bits per heavy atom. The quantitative estimate of drug-likeness (QED) is 0.817. The Kier molecular flexibility index (Phi) is 3.76. The van der Waals surface area contributed by atoms with Crippen molar-refractivity contribution < 1.29 is 13.2 Å². The van der Waals surface area contributed by atoms with Crippen LogP contribution in [0, 0.1) is 35.2 Å². The second-order valence-corrected chi connectivity index (χ2v) is 6.30. The van der Waals surface area contributed by atoms with Crippen LogP contribution in [0.15, 0.2) is 12.1 Å². The molecule has 0 spiro atoms. The van der Waals surface area contributed by atoms with Crippen molar-refractivity contribution in [2.45, 2.75) is 38.1 Å². The second kappa shape index (κ2) is 5.40. The van der Waals surface area contributed by atoms with Gasteiger partial charge in [-0.25, -0.2) is 13.2 Å². The van der Waals surface area contributed by atoms with E-state index in [-0.39, 0.29) is 11.6 Å². The van der Waals surface area contributed by atoms with E-state index in [1.807, 2.05) is 0 Å². The van der Waals surface area contributed by atoms with Gasteiger partial charge in [0.2, 0.25) is 0 Å². The zero-order valence-electron chi connectivity index (χ0n) is 11.6. The van der Waals surface area contributed by atoms with E-state index in [2.05, 4.69) is 5.32 Å². The summed E-state index contributed by atoms with van der Waals surface area (Å²) in [6, 6.07) is 1.41. The Balaban J connectivity index is 1.78. The van der Waals surface area contributed by atoms with Gasteiger partial charge in [-0.15, -0.1) is 0 Å². The van der Waals surface area contributed by atoms with Crippen LogP contribution in [0.2, 0.25) is 0 Å². The van der Waals surface area contributed by atoms with Crippen LogP contribution in [0.4, 0.5) is 13.2 Å². The summed E-state index contributed by atoms with van der Waals surface area (Å²) in [5, 5.41) is 3.06. The molecule has 0 amide bonds. The minimum absolute atomic E-state index is 0.241. The summed E-state index contributed by atoms with van der Waals surface area (Å²) in [4.78, 5) is 0. The van der Waals surface area contributed by atoms with Gasteiger partial charge in [-0.05, 0) is 56.6 Å². The normalized spacial score (nSPS) is 29.9. The lowest BCUT2D eigenvalue weighted by molar-refractivity contribution is 0.281. The number of fused-ring (bicyclic) bond motifs is 2. The van der Waals surface area contributed by atoms with Gasteiger partial charge < -0.3 is 5.32 Å². The Morgan fingerprint density at radius 3 is 2.45 bits per heavy atom. The van der Waals surface area contributed by atoms with Crippen LogP contribution in [0.5, 0.6) is 0 Å². The molecule has 1 aromatic carbocycles. The monoisotopic (exact) mass is 283 g/mol. The van der Waals surface area contributed by atoms with E-state index in [9.17, 15) is 13.2 Å². The molecule has 1 N–H and O–H groups in total. The summed E-state index contributed by atoms with van der Waals surface area (Å²) in [7, 11) is 1.75. The minimum Gasteiger partial charge on any atom is -0.313 e. The van der Waals surface area contributed by atoms with Gasteiger partial charge in [0.05, 0.1) is 0 Å². The fourth-order valence-electron chi connectivity index (χ4n) is 4.17. The molecule has 2 fully saturated rings. The molecule has 0 aliphatic heterocycles. The fourth-order valence-corrected chi connectivity index (χ4v) is 4.17. The van der Waals surface area contributed by atoms with Gasteiger partial charge >= 0.3 is 0 Å². The van der Waals surface area contributed by atoms with Crippen molar-refractivity contribution >= 4 is 0 Å². The fraction of sp³-hybridized carbons (Fsp3) is 0.625. The first-order chi connectivity index (χ1) is 9.58. The summed E-state index contributed by atoms with van der Waals surface area (Å²) in [5.74, 6) is -0.609. The molecule has 110 valence electrons. The highest BCUT2D eigenvalue weighted by Gasteiger charge is 2.40. The lowest BCUT2D eigenvalue weighted by atomic mass is 9.82. The van der Waals surface area contributed by atoms with Crippen LogP contribution in [0.3, 0.4) is 0 Å².